The van der Waals surface area contributed by atoms with E-state index in [9.17, 15) is 14.9 Å². The molecule has 0 radical (unpaired) electrons. The fourth-order valence-corrected chi connectivity index (χ4v) is 3.85. The van der Waals surface area contributed by atoms with Gasteiger partial charge in [-0.05, 0) is 54.8 Å². The van der Waals surface area contributed by atoms with Crippen LogP contribution >= 0.6 is 11.6 Å². The monoisotopic (exact) mass is 441 g/mol. The Bertz CT molecular complexity index is 1300. The van der Waals surface area contributed by atoms with Gasteiger partial charge in [-0.15, -0.1) is 0 Å². The zero-order valence-corrected chi connectivity index (χ0v) is 18.4. The summed E-state index contributed by atoms with van der Waals surface area (Å²) in [6, 6.07) is 22.0. The van der Waals surface area contributed by atoms with Gasteiger partial charge in [0.15, 0.2) is 0 Å². The Labute approximate surface area is 191 Å². The number of nitriles is 1. The maximum atomic E-state index is 13.4. The van der Waals surface area contributed by atoms with E-state index in [4.69, 9.17) is 11.6 Å². The van der Waals surface area contributed by atoms with Crippen LogP contribution in [0.3, 0.4) is 0 Å². The third-order valence-electron chi connectivity index (χ3n) is 5.41. The molecule has 0 atom stereocenters. The van der Waals surface area contributed by atoms with E-state index < -0.39 is 5.91 Å². The second kappa shape index (κ2) is 8.70. The highest BCUT2D eigenvalue weighted by molar-refractivity contribution is 6.37. The number of anilines is 2. The number of hydrogen-bond acceptors (Lipinski definition) is 3. The summed E-state index contributed by atoms with van der Waals surface area (Å²) in [6.07, 6.45) is 0. The topological polar surface area (TPSA) is 73.2 Å². The lowest BCUT2D eigenvalue weighted by molar-refractivity contribution is -0.114. The average molecular weight is 442 g/mol. The molecule has 0 fully saturated rings. The molecule has 0 saturated heterocycles. The summed E-state index contributed by atoms with van der Waals surface area (Å²) in [5, 5.41) is 13.3. The molecule has 1 heterocycles. The average Bonchev–Trinajstić information content (AvgIpc) is 3.05. The molecule has 1 N–H and O–H groups in total. The number of hydrogen-bond donors (Lipinski definition) is 1. The summed E-state index contributed by atoms with van der Waals surface area (Å²) in [7, 11) is 0. The maximum absolute atomic E-state index is 13.4. The van der Waals surface area contributed by atoms with Gasteiger partial charge in [-0.25, -0.2) is 0 Å². The van der Waals surface area contributed by atoms with Gasteiger partial charge in [0, 0.05) is 16.3 Å². The Balaban J connectivity index is 1.74. The molecule has 3 aromatic rings. The van der Waals surface area contributed by atoms with Crippen LogP contribution in [0.1, 0.15) is 22.3 Å². The molecule has 4 rings (SSSR count). The van der Waals surface area contributed by atoms with Gasteiger partial charge in [0.05, 0.1) is 17.8 Å². The first-order valence-electron chi connectivity index (χ1n) is 10.1. The zero-order chi connectivity index (χ0) is 22.8. The lowest BCUT2D eigenvalue weighted by atomic mass is 10.0. The molecule has 2 amide bonds. The number of fused-ring (bicyclic) bond motifs is 1. The molecule has 1 aliphatic rings. The number of benzene rings is 3. The number of rotatable bonds is 4. The number of carbonyl (C=O) groups is 2. The van der Waals surface area contributed by atoms with Crippen molar-refractivity contribution in [3.05, 3.63) is 99.6 Å². The predicted octanol–water partition coefficient (Wildman–Crippen LogP) is 5.42. The highest BCUT2D eigenvalue weighted by Gasteiger charge is 2.36. The van der Waals surface area contributed by atoms with Gasteiger partial charge in [-0.3, -0.25) is 9.59 Å². The smallest absolute Gasteiger partial charge is 0.267 e. The van der Waals surface area contributed by atoms with Crippen LogP contribution < -0.4 is 10.2 Å². The second-order valence-corrected chi connectivity index (χ2v) is 8.11. The molecule has 6 heteroatoms. The molecule has 0 aromatic heterocycles. The minimum absolute atomic E-state index is 0.111. The number of aryl methyl sites for hydroxylation is 2. The Hall–Kier alpha value is -3.88. The van der Waals surface area contributed by atoms with Gasteiger partial charge in [0.1, 0.15) is 11.6 Å². The van der Waals surface area contributed by atoms with Crippen molar-refractivity contribution in [2.45, 2.75) is 20.4 Å². The molecular weight excluding hydrogens is 422 g/mol. The number of nitrogens with one attached hydrogen (secondary N) is 1. The minimum atomic E-state index is -0.604. The van der Waals surface area contributed by atoms with E-state index in [-0.39, 0.29) is 17.1 Å². The first kappa shape index (κ1) is 21.4. The summed E-state index contributed by atoms with van der Waals surface area (Å²) in [4.78, 5) is 28.1. The Morgan fingerprint density at radius 3 is 2.50 bits per heavy atom. The van der Waals surface area contributed by atoms with Crippen molar-refractivity contribution in [2.24, 2.45) is 0 Å². The van der Waals surface area contributed by atoms with Crippen molar-refractivity contribution in [1.29, 1.82) is 5.26 Å². The second-order valence-electron chi connectivity index (χ2n) is 7.67. The number of nitrogens with zero attached hydrogens (tertiary/aromatic N) is 2. The Morgan fingerprint density at radius 1 is 1.06 bits per heavy atom. The van der Waals surface area contributed by atoms with Crippen LogP contribution in [0.2, 0.25) is 5.02 Å². The molecule has 3 aromatic carbocycles. The molecule has 5 nitrogen and oxygen atoms in total. The van der Waals surface area contributed by atoms with Crippen LogP contribution in [0.15, 0.2) is 72.3 Å². The van der Waals surface area contributed by atoms with Gasteiger partial charge in [0.2, 0.25) is 0 Å². The summed E-state index contributed by atoms with van der Waals surface area (Å²) >= 11 is 5.98. The highest BCUT2D eigenvalue weighted by Crippen LogP contribution is 2.39. The Morgan fingerprint density at radius 2 is 1.78 bits per heavy atom. The normalized spacial score (nSPS) is 14.1. The SMILES string of the molecule is Cc1ccc(C)c(NC(=O)/C(C#N)=C2/C(=O)N(Cc3ccc(Cl)cc3)c3ccccc32)c1. The summed E-state index contributed by atoms with van der Waals surface area (Å²) in [5.41, 5.74) is 4.48. The molecule has 1 aliphatic heterocycles. The van der Waals surface area contributed by atoms with E-state index in [1.165, 1.54) is 0 Å². The van der Waals surface area contributed by atoms with E-state index in [1.807, 2.05) is 62.4 Å². The van der Waals surface area contributed by atoms with Gasteiger partial charge >= 0.3 is 0 Å². The molecule has 158 valence electrons. The molecule has 0 aliphatic carbocycles. The van der Waals surface area contributed by atoms with E-state index in [1.54, 1.807) is 29.2 Å². The zero-order valence-electron chi connectivity index (χ0n) is 17.6. The lowest BCUT2D eigenvalue weighted by Gasteiger charge is -2.17. The van der Waals surface area contributed by atoms with Crippen LogP contribution in [0, 0.1) is 25.2 Å². The number of para-hydroxylation sites is 1. The summed E-state index contributed by atoms with van der Waals surface area (Å²) < 4.78 is 0. The van der Waals surface area contributed by atoms with Crippen molar-refractivity contribution in [2.75, 3.05) is 10.2 Å². The predicted molar refractivity (Wildman–Crippen MR) is 126 cm³/mol. The van der Waals surface area contributed by atoms with Gasteiger partial charge in [0.25, 0.3) is 11.8 Å². The van der Waals surface area contributed by atoms with Crippen molar-refractivity contribution >= 4 is 40.4 Å². The fourth-order valence-electron chi connectivity index (χ4n) is 3.73. The van der Waals surface area contributed by atoms with Crippen LogP contribution in [-0.4, -0.2) is 11.8 Å². The molecule has 0 unspecified atom stereocenters. The third-order valence-corrected chi connectivity index (χ3v) is 5.66. The van der Waals surface area contributed by atoms with Crippen molar-refractivity contribution in [1.82, 2.24) is 0 Å². The molecule has 0 saturated carbocycles. The Kier molecular flexibility index (Phi) is 5.81. The van der Waals surface area contributed by atoms with Crippen LogP contribution in [0.5, 0.6) is 0 Å². The first-order valence-corrected chi connectivity index (χ1v) is 10.5. The van der Waals surface area contributed by atoms with Gasteiger partial charge in [-0.1, -0.05) is 54.1 Å². The first-order chi connectivity index (χ1) is 15.4. The summed E-state index contributed by atoms with van der Waals surface area (Å²) in [6.45, 7) is 4.09. The lowest BCUT2D eigenvalue weighted by Crippen LogP contribution is -2.27. The van der Waals surface area contributed by atoms with E-state index in [2.05, 4.69) is 5.32 Å². The van der Waals surface area contributed by atoms with E-state index in [0.717, 1.165) is 16.7 Å². The molecule has 32 heavy (non-hydrogen) atoms. The van der Waals surface area contributed by atoms with Crippen LogP contribution in [0.4, 0.5) is 11.4 Å². The van der Waals surface area contributed by atoms with Gasteiger partial charge in [-0.2, -0.15) is 5.26 Å². The summed E-state index contributed by atoms with van der Waals surface area (Å²) in [5.74, 6) is -0.985. The third kappa shape index (κ3) is 4.01. The maximum Gasteiger partial charge on any atom is 0.267 e. The van der Waals surface area contributed by atoms with Crippen molar-refractivity contribution in [3.8, 4) is 6.07 Å². The number of carbonyl (C=O) groups excluding carboxylic acids is 2. The van der Waals surface area contributed by atoms with Crippen LogP contribution in [-0.2, 0) is 16.1 Å². The van der Waals surface area contributed by atoms with Crippen molar-refractivity contribution < 1.29 is 9.59 Å². The van der Waals surface area contributed by atoms with Crippen molar-refractivity contribution in [3.63, 3.8) is 0 Å². The van der Waals surface area contributed by atoms with Gasteiger partial charge < -0.3 is 10.2 Å². The molecular formula is C26H20ClN3O2. The molecule has 0 spiro atoms. The number of amides is 2. The van der Waals surface area contributed by atoms with E-state index >= 15 is 0 Å². The van der Waals surface area contributed by atoms with E-state index in [0.29, 0.717) is 28.5 Å². The highest BCUT2D eigenvalue weighted by atomic mass is 35.5. The fraction of sp³-hybridized carbons (Fsp3) is 0.115. The number of halogens is 1. The largest absolute Gasteiger partial charge is 0.321 e. The standard InChI is InChI=1S/C26H20ClN3O2/c1-16-7-8-17(2)22(13-16)29-25(31)21(14-28)24-20-5-3-4-6-23(20)30(26(24)32)15-18-9-11-19(27)12-10-18/h3-13H,15H2,1-2H3,(H,29,31)/b24-21+. The van der Waals surface area contributed by atoms with Crippen LogP contribution in [0.25, 0.3) is 5.57 Å². The quantitative estimate of drug-likeness (QED) is 0.434. The molecule has 0 bridgehead atoms. The minimum Gasteiger partial charge on any atom is -0.321 e.